The van der Waals surface area contributed by atoms with Gasteiger partial charge in [-0.3, -0.25) is 4.79 Å². The summed E-state index contributed by atoms with van der Waals surface area (Å²) in [5.74, 6) is -2.78. The number of carboxylic acid groups (broad SMARTS) is 1. The second-order valence-corrected chi connectivity index (χ2v) is 12.4. The number of carboxylic acids is 1. The van der Waals surface area contributed by atoms with Gasteiger partial charge in [-0.15, -0.1) is 0 Å². The quantitative estimate of drug-likeness (QED) is 0.402. The number of carbonyl (C=O) groups excluding carboxylic acids is 2. The lowest BCUT2D eigenvalue weighted by Crippen LogP contribution is -2.55. The Morgan fingerprint density at radius 1 is 1.07 bits per heavy atom. The van der Waals surface area contributed by atoms with Crippen LogP contribution in [-0.2, 0) is 14.8 Å². The number of rotatable bonds is 6. The number of urea groups is 1. The van der Waals surface area contributed by atoms with Crippen LogP contribution in [0, 0.1) is 11.3 Å². The van der Waals surface area contributed by atoms with E-state index in [1.54, 1.807) is 31.2 Å². The predicted octanol–water partition coefficient (Wildman–Crippen LogP) is 4.58. The van der Waals surface area contributed by atoms with Gasteiger partial charge in [0.1, 0.15) is 5.54 Å². The molecule has 2 aliphatic heterocycles. The molecule has 2 heterocycles. The van der Waals surface area contributed by atoms with Crippen molar-refractivity contribution >= 4 is 56.8 Å². The molecule has 1 spiro atoms. The number of benzene rings is 3. The van der Waals surface area contributed by atoms with Gasteiger partial charge in [-0.2, -0.15) is 9.57 Å². The van der Waals surface area contributed by atoms with Crippen molar-refractivity contribution < 1.29 is 27.9 Å². The highest BCUT2D eigenvalue weighted by Crippen LogP contribution is 2.48. The largest absolute Gasteiger partial charge is 0.478 e. The van der Waals surface area contributed by atoms with Crippen LogP contribution in [0.5, 0.6) is 0 Å². The van der Waals surface area contributed by atoms with Gasteiger partial charge in [0.15, 0.2) is 0 Å². The number of aromatic carboxylic acids is 1. The van der Waals surface area contributed by atoms with Gasteiger partial charge in [0, 0.05) is 35.6 Å². The van der Waals surface area contributed by atoms with E-state index in [0.717, 1.165) is 15.3 Å². The van der Waals surface area contributed by atoms with Gasteiger partial charge in [0.2, 0.25) is 10.0 Å². The number of hydrogen-bond donors (Lipinski definition) is 1. The molecule has 0 radical (unpaired) electrons. The standard InChI is InChI=1S/C28H22Cl2N4O6S/c1-2-33-27(38)34(22-12-20(29)11-21(30)13-22)26(37)28(33)16-32(15-24(28)18-8-6-17(14-31)7-9-18)41(39,40)23-5-3-4-19(10-23)25(35)36/h3-13,24H,2,15-16H2,1H3,(H,35,36)/t24-,28-/m1/s1. The van der Waals surface area contributed by atoms with E-state index in [1.165, 1.54) is 41.3 Å². The van der Waals surface area contributed by atoms with Crippen LogP contribution in [0.2, 0.25) is 10.0 Å². The lowest BCUT2D eigenvalue weighted by atomic mass is 9.80. The zero-order valence-corrected chi connectivity index (χ0v) is 23.8. The van der Waals surface area contributed by atoms with Gasteiger partial charge in [-0.05, 0) is 61.0 Å². The maximum Gasteiger partial charge on any atom is 0.335 e. The summed E-state index contributed by atoms with van der Waals surface area (Å²) < 4.78 is 28.9. The molecule has 2 atom stereocenters. The van der Waals surface area contributed by atoms with Crippen LogP contribution in [0.4, 0.5) is 10.5 Å². The first kappa shape index (κ1) is 28.6. The first-order valence-corrected chi connectivity index (χ1v) is 14.6. The van der Waals surface area contributed by atoms with E-state index in [9.17, 15) is 33.2 Å². The molecule has 41 heavy (non-hydrogen) atoms. The Bertz CT molecular complexity index is 1720. The number of nitrogens with zero attached hydrogens (tertiary/aromatic N) is 4. The number of nitriles is 1. The number of sulfonamides is 1. The third-order valence-corrected chi connectivity index (χ3v) is 9.68. The van der Waals surface area contributed by atoms with Gasteiger partial charge in [0.25, 0.3) is 5.91 Å². The van der Waals surface area contributed by atoms with Crippen LogP contribution >= 0.6 is 23.2 Å². The maximum absolute atomic E-state index is 14.4. The lowest BCUT2D eigenvalue weighted by molar-refractivity contribution is -0.124. The molecule has 2 aliphatic rings. The van der Waals surface area contributed by atoms with E-state index in [0.29, 0.717) is 11.1 Å². The fraction of sp³-hybridized carbons (Fsp3) is 0.214. The highest BCUT2D eigenvalue weighted by atomic mass is 35.5. The summed E-state index contributed by atoms with van der Waals surface area (Å²) in [6, 6.07) is 17.0. The van der Waals surface area contributed by atoms with Crippen LogP contribution < -0.4 is 4.90 Å². The number of carbonyl (C=O) groups is 3. The SMILES string of the molecule is CCN1C(=O)N(c2cc(Cl)cc(Cl)c2)C(=O)[C@]12CN(S(=O)(=O)c1cccc(C(=O)O)c1)C[C@@H]2c1ccc(C#N)cc1. The minimum Gasteiger partial charge on any atom is -0.478 e. The Hall–Kier alpha value is -3.95. The van der Waals surface area contributed by atoms with Gasteiger partial charge in [0.05, 0.1) is 27.8 Å². The van der Waals surface area contributed by atoms with E-state index < -0.39 is 39.4 Å². The van der Waals surface area contributed by atoms with Crippen molar-refractivity contribution in [1.82, 2.24) is 9.21 Å². The normalized spacial score (nSPS) is 21.1. The molecule has 1 N–H and O–H groups in total. The third kappa shape index (κ3) is 4.63. The van der Waals surface area contributed by atoms with Crippen molar-refractivity contribution in [2.24, 2.45) is 0 Å². The summed E-state index contributed by atoms with van der Waals surface area (Å²) in [5, 5.41) is 19.1. The van der Waals surface area contributed by atoms with Gasteiger partial charge in [-0.1, -0.05) is 41.4 Å². The first-order chi connectivity index (χ1) is 19.4. The highest BCUT2D eigenvalue weighted by molar-refractivity contribution is 7.89. The molecule has 0 saturated carbocycles. The summed E-state index contributed by atoms with van der Waals surface area (Å²) in [4.78, 5) is 41.8. The molecule has 5 rings (SSSR count). The van der Waals surface area contributed by atoms with Crippen molar-refractivity contribution in [2.75, 3.05) is 24.5 Å². The van der Waals surface area contributed by atoms with E-state index in [1.807, 2.05) is 6.07 Å². The highest BCUT2D eigenvalue weighted by Gasteiger charge is 2.66. The molecule has 2 saturated heterocycles. The predicted molar refractivity (Wildman–Crippen MR) is 151 cm³/mol. The van der Waals surface area contributed by atoms with Crippen molar-refractivity contribution in [3.05, 3.63) is 93.5 Å². The van der Waals surface area contributed by atoms with E-state index in [2.05, 4.69) is 0 Å². The summed E-state index contributed by atoms with van der Waals surface area (Å²) in [5.41, 5.74) is -0.817. The van der Waals surface area contributed by atoms with Crippen LogP contribution in [0.15, 0.2) is 71.6 Å². The molecular formula is C28H22Cl2N4O6S. The van der Waals surface area contributed by atoms with E-state index in [4.69, 9.17) is 23.2 Å². The summed E-state index contributed by atoms with van der Waals surface area (Å²) >= 11 is 12.4. The molecule has 10 nitrogen and oxygen atoms in total. The average molecular weight is 613 g/mol. The number of hydrogen-bond acceptors (Lipinski definition) is 6. The Labute approximate surface area is 246 Å². The zero-order chi connectivity index (χ0) is 29.7. The number of amides is 3. The fourth-order valence-electron chi connectivity index (χ4n) is 5.58. The first-order valence-electron chi connectivity index (χ1n) is 12.4. The van der Waals surface area contributed by atoms with E-state index in [-0.39, 0.29) is 45.8 Å². The molecule has 0 aliphatic carbocycles. The minimum absolute atomic E-state index is 0.0739. The number of halogens is 2. The van der Waals surface area contributed by atoms with Crippen molar-refractivity contribution in [1.29, 1.82) is 5.26 Å². The minimum atomic E-state index is -4.31. The molecule has 0 aromatic heterocycles. The topological polar surface area (TPSA) is 139 Å². The molecule has 3 aromatic carbocycles. The Kier molecular flexibility index (Phi) is 7.29. The average Bonchev–Trinajstić information content (AvgIpc) is 3.44. The van der Waals surface area contributed by atoms with E-state index >= 15 is 0 Å². The monoisotopic (exact) mass is 612 g/mol. The summed E-state index contributed by atoms with van der Waals surface area (Å²) in [7, 11) is -4.31. The zero-order valence-electron chi connectivity index (χ0n) is 21.5. The third-order valence-electron chi connectivity index (χ3n) is 7.44. The maximum atomic E-state index is 14.4. The Morgan fingerprint density at radius 2 is 1.73 bits per heavy atom. The van der Waals surface area contributed by atoms with Crippen molar-refractivity contribution in [3.8, 4) is 6.07 Å². The molecule has 0 unspecified atom stereocenters. The van der Waals surface area contributed by atoms with Gasteiger partial charge in [-0.25, -0.2) is 22.9 Å². The molecule has 2 fully saturated rings. The van der Waals surface area contributed by atoms with Crippen molar-refractivity contribution in [2.45, 2.75) is 23.3 Å². The number of imide groups is 1. The molecule has 3 amide bonds. The van der Waals surface area contributed by atoms with Gasteiger partial charge < -0.3 is 10.0 Å². The fourth-order valence-corrected chi connectivity index (χ4v) is 7.63. The van der Waals surface area contributed by atoms with Crippen molar-refractivity contribution in [3.63, 3.8) is 0 Å². The summed E-state index contributed by atoms with van der Waals surface area (Å²) in [6.45, 7) is 1.18. The second-order valence-electron chi connectivity index (χ2n) is 9.64. The van der Waals surface area contributed by atoms with Gasteiger partial charge >= 0.3 is 12.0 Å². The smallest absolute Gasteiger partial charge is 0.335 e. The lowest BCUT2D eigenvalue weighted by Gasteiger charge is -2.35. The molecule has 0 bridgehead atoms. The van der Waals surface area contributed by atoms with Crippen LogP contribution in [0.1, 0.15) is 34.3 Å². The van der Waals surface area contributed by atoms with Crippen LogP contribution in [0.25, 0.3) is 0 Å². The Balaban J connectivity index is 1.67. The summed E-state index contributed by atoms with van der Waals surface area (Å²) in [6.07, 6.45) is 0. The second kappa shape index (κ2) is 10.5. The molecule has 3 aromatic rings. The number of likely N-dealkylation sites (N-methyl/N-ethyl adjacent to an activating group) is 1. The molecular weight excluding hydrogens is 591 g/mol. The Morgan fingerprint density at radius 3 is 2.32 bits per heavy atom. The number of anilines is 1. The molecule has 13 heteroatoms. The molecule has 210 valence electrons. The van der Waals surface area contributed by atoms with Crippen LogP contribution in [0.3, 0.4) is 0 Å². The van der Waals surface area contributed by atoms with Crippen LogP contribution in [-0.4, -0.2) is 65.8 Å².